The lowest BCUT2D eigenvalue weighted by molar-refractivity contribution is 0.0681. The topological polar surface area (TPSA) is 74.6 Å². The summed E-state index contributed by atoms with van der Waals surface area (Å²) in [5.74, 6) is -2.13. The third kappa shape index (κ3) is 13.2. The van der Waals surface area contributed by atoms with Gasteiger partial charge in [-0.05, 0) is 61.1 Å². The van der Waals surface area contributed by atoms with Gasteiger partial charge in [0.2, 0.25) is 0 Å². The van der Waals surface area contributed by atoms with Crippen LogP contribution < -0.4 is 0 Å². The molecule has 0 spiro atoms. The molecule has 0 radical (unpaired) electrons. The van der Waals surface area contributed by atoms with Gasteiger partial charge in [0.1, 0.15) is 0 Å². The van der Waals surface area contributed by atoms with Crippen molar-refractivity contribution in [2.24, 2.45) is 0 Å². The van der Waals surface area contributed by atoms with Crippen LogP contribution in [0, 0.1) is 0 Å². The molecule has 2 N–H and O–H groups in total. The fourth-order valence-corrected chi connectivity index (χ4v) is 3.99. The number of aromatic carboxylic acids is 2. The lowest BCUT2D eigenvalue weighted by atomic mass is 9.96. The molecular weight excluding hydrogens is 424 g/mol. The number of unbranched alkanes of at least 4 members (excludes halogenated alkanes) is 10. The van der Waals surface area contributed by atoms with Gasteiger partial charge >= 0.3 is 11.9 Å². The van der Waals surface area contributed by atoms with Crippen LogP contribution in [-0.4, -0.2) is 22.2 Å². The van der Waals surface area contributed by atoms with Gasteiger partial charge in [0.25, 0.3) is 0 Å². The highest BCUT2D eigenvalue weighted by Gasteiger charge is 2.05. The molecule has 188 valence electrons. The second-order valence-electron chi connectivity index (χ2n) is 8.99. The van der Waals surface area contributed by atoms with Crippen LogP contribution in [0.3, 0.4) is 0 Å². The van der Waals surface area contributed by atoms with Gasteiger partial charge in [0.05, 0.1) is 11.1 Å². The zero-order chi connectivity index (χ0) is 25.0. The lowest BCUT2D eigenvalue weighted by Gasteiger charge is -2.09. The van der Waals surface area contributed by atoms with E-state index in [1.807, 2.05) is 0 Å². The van der Waals surface area contributed by atoms with Crippen molar-refractivity contribution in [2.45, 2.75) is 104 Å². The van der Waals surface area contributed by atoms with Crippen molar-refractivity contribution in [3.05, 3.63) is 70.8 Å². The van der Waals surface area contributed by atoms with E-state index in [1.54, 1.807) is 11.1 Å². The standard InChI is InChI=1S/C22H38.C8H6O4/c1-3-5-7-9-11-13-17-21-19-15-16-20-22(21)18-14-12-10-8-6-4-2;9-7(10)5-1-2-6(4-3-5)8(11)12/h15-16,19-20H,3-14,17-18H2,1-2H3;1-4H,(H,9,10)(H,11,12). The molecule has 2 aromatic rings. The summed E-state index contributed by atoms with van der Waals surface area (Å²) >= 11 is 0. The SMILES string of the molecule is CCCCCCCCc1ccccc1CCCCCCCC.O=C(O)c1ccc(C(=O)O)cc1. The number of benzene rings is 2. The van der Waals surface area contributed by atoms with E-state index < -0.39 is 11.9 Å². The quantitative estimate of drug-likeness (QED) is 0.242. The number of carbonyl (C=O) groups is 2. The first-order chi connectivity index (χ1) is 16.5. The van der Waals surface area contributed by atoms with E-state index in [0.29, 0.717) is 0 Å². The number of rotatable bonds is 16. The molecule has 2 aromatic carbocycles. The second kappa shape index (κ2) is 18.8. The minimum atomic E-state index is -1.06. The fourth-order valence-electron chi connectivity index (χ4n) is 3.99. The number of hydrogen-bond donors (Lipinski definition) is 2. The van der Waals surface area contributed by atoms with E-state index in [0.717, 1.165) is 0 Å². The predicted octanol–water partition coefficient (Wildman–Crippen LogP) is 8.58. The van der Waals surface area contributed by atoms with E-state index in [4.69, 9.17) is 10.2 Å². The molecule has 0 aromatic heterocycles. The zero-order valence-corrected chi connectivity index (χ0v) is 21.2. The second-order valence-corrected chi connectivity index (χ2v) is 8.99. The van der Waals surface area contributed by atoms with Crippen molar-refractivity contribution in [2.75, 3.05) is 0 Å². The largest absolute Gasteiger partial charge is 0.478 e. The first-order valence-corrected chi connectivity index (χ1v) is 13.1. The molecule has 0 fully saturated rings. The van der Waals surface area contributed by atoms with Crippen LogP contribution in [0.25, 0.3) is 0 Å². The summed E-state index contributed by atoms with van der Waals surface area (Å²) in [5.41, 5.74) is 3.40. The van der Waals surface area contributed by atoms with Crippen molar-refractivity contribution in [3.8, 4) is 0 Å². The molecule has 0 amide bonds. The summed E-state index contributed by atoms with van der Waals surface area (Å²) < 4.78 is 0. The van der Waals surface area contributed by atoms with Crippen LogP contribution in [-0.2, 0) is 12.8 Å². The maximum absolute atomic E-state index is 10.3. The van der Waals surface area contributed by atoms with Gasteiger partial charge in [-0.2, -0.15) is 0 Å². The summed E-state index contributed by atoms with van der Waals surface area (Å²) in [6.45, 7) is 4.58. The number of aryl methyl sites for hydroxylation is 2. The Labute approximate surface area is 206 Å². The van der Waals surface area contributed by atoms with Crippen LogP contribution in [0.4, 0.5) is 0 Å². The van der Waals surface area contributed by atoms with Crippen LogP contribution in [0.1, 0.15) is 123 Å². The maximum atomic E-state index is 10.3. The van der Waals surface area contributed by atoms with Crippen LogP contribution in [0.15, 0.2) is 48.5 Å². The summed E-state index contributed by atoms with van der Waals surface area (Å²) in [4.78, 5) is 20.7. The molecule has 4 heteroatoms. The Bertz CT molecular complexity index is 743. The minimum absolute atomic E-state index is 0.0833. The zero-order valence-electron chi connectivity index (χ0n) is 21.2. The van der Waals surface area contributed by atoms with Gasteiger partial charge in [-0.15, -0.1) is 0 Å². The molecule has 0 saturated carbocycles. The molecule has 0 aliphatic carbocycles. The van der Waals surface area contributed by atoms with Gasteiger partial charge in [-0.3, -0.25) is 0 Å². The van der Waals surface area contributed by atoms with Gasteiger partial charge in [0, 0.05) is 0 Å². The van der Waals surface area contributed by atoms with E-state index in [-0.39, 0.29) is 11.1 Å². The Kier molecular flexibility index (Phi) is 16.2. The molecule has 0 saturated heterocycles. The summed E-state index contributed by atoms with van der Waals surface area (Å²) in [7, 11) is 0. The Hall–Kier alpha value is -2.62. The third-order valence-electron chi connectivity index (χ3n) is 6.10. The van der Waals surface area contributed by atoms with E-state index >= 15 is 0 Å². The lowest BCUT2D eigenvalue weighted by Crippen LogP contribution is -1.99. The Morgan fingerprint density at radius 1 is 0.529 bits per heavy atom. The third-order valence-corrected chi connectivity index (χ3v) is 6.10. The van der Waals surface area contributed by atoms with Crippen molar-refractivity contribution >= 4 is 11.9 Å². The first kappa shape index (κ1) is 29.4. The average Bonchev–Trinajstić information content (AvgIpc) is 2.84. The summed E-state index contributed by atoms with van der Waals surface area (Å²) in [6, 6.07) is 14.2. The van der Waals surface area contributed by atoms with Crippen LogP contribution in [0.5, 0.6) is 0 Å². The molecule has 0 atom stereocenters. The minimum Gasteiger partial charge on any atom is -0.478 e. The smallest absolute Gasteiger partial charge is 0.335 e. The van der Waals surface area contributed by atoms with Gasteiger partial charge < -0.3 is 10.2 Å². The fraction of sp³-hybridized carbons (Fsp3) is 0.533. The van der Waals surface area contributed by atoms with E-state index in [1.165, 1.54) is 114 Å². The molecule has 0 aliphatic heterocycles. The predicted molar refractivity (Wildman–Crippen MR) is 141 cm³/mol. The molecule has 0 aliphatic rings. The summed E-state index contributed by atoms with van der Waals surface area (Å²) in [6.07, 6.45) is 19.4. The Morgan fingerprint density at radius 2 is 0.853 bits per heavy atom. The number of hydrogen-bond acceptors (Lipinski definition) is 2. The number of carboxylic acid groups (broad SMARTS) is 2. The molecule has 4 nitrogen and oxygen atoms in total. The van der Waals surface area contributed by atoms with Crippen LogP contribution >= 0.6 is 0 Å². The van der Waals surface area contributed by atoms with Gasteiger partial charge in [0.15, 0.2) is 0 Å². The first-order valence-electron chi connectivity index (χ1n) is 13.1. The molecule has 0 bridgehead atoms. The monoisotopic (exact) mass is 468 g/mol. The van der Waals surface area contributed by atoms with E-state index in [9.17, 15) is 9.59 Å². The van der Waals surface area contributed by atoms with Crippen molar-refractivity contribution in [1.82, 2.24) is 0 Å². The molecule has 0 heterocycles. The van der Waals surface area contributed by atoms with E-state index in [2.05, 4.69) is 38.1 Å². The van der Waals surface area contributed by atoms with Crippen molar-refractivity contribution in [3.63, 3.8) is 0 Å². The molecule has 2 rings (SSSR count). The van der Waals surface area contributed by atoms with Crippen LogP contribution in [0.2, 0.25) is 0 Å². The molecule has 34 heavy (non-hydrogen) atoms. The average molecular weight is 469 g/mol. The highest BCUT2D eigenvalue weighted by atomic mass is 16.4. The Morgan fingerprint density at radius 3 is 1.18 bits per heavy atom. The molecule has 0 unspecified atom stereocenters. The normalized spacial score (nSPS) is 10.4. The van der Waals surface area contributed by atoms with Gasteiger partial charge in [-0.25, -0.2) is 9.59 Å². The highest BCUT2D eigenvalue weighted by molar-refractivity contribution is 5.91. The van der Waals surface area contributed by atoms with Crippen molar-refractivity contribution in [1.29, 1.82) is 0 Å². The number of carboxylic acids is 2. The summed E-state index contributed by atoms with van der Waals surface area (Å²) in [5, 5.41) is 16.9. The maximum Gasteiger partial charge on any atom is 0.335 e. The van der Waals surface area contributed by atoms with Crippen molar-refractivity contribution < 1.29 is 19.8 Å². The highest BCUT2D eigenvalue weighted by Crippen LogP contribution is 2.17. The Balaban J connectivity index is 0.000000404. The molecular formula is C30H44O4. The van der Waals surface area contributed by atoms with Gasteiger partial charge in [-0.1, -0.05) is 102 Å².